The minimum Gasteiger partial charge on any atom is -0.460 e. The molecule has 0 bridgehead atoms. The normalized spacial score (nSPS) is 35.4. The van der Waals surface area contributed by atoms with E-state index in [0.29, 0.717) is 11.8 Å². The minimum absolute atomic E-state index is 0.202. The van der Waals surface area contributed by atoms with Gasteiger partial charge in [-0.25, -0.2) is 4.79 Å². The Morgan fingerprint density at radius 2 is 2.19 bits per heavy atom. The third-order valence-corrected chi connectivity index (χ3v) is 6.01. The zero-order valence-electron chi connectivity index (χ0n) is 11.0. The van der Waals surface area contributed by atoms with E-state index in [4.69, 9.17) is 45.3 Å². The first-order valence-electron chi connectivity index (χ1n) is 6.15. The first-order valence-corrected chi connectivity index (χ1v) is 9.29. The quantitative estimate of drug-likeness (QED) is 0.412. The van der Waals surface area contributed by atoms with Crippen LogP contribution in [0.5, 0.6) is 0 Å². The first kappa shape index (κ1) is 17.9. The Morgan fingerprint density at radius 3 is 2.71 bits per heavy atom. The lowest BCUT2D eigenvalue weighted by molar-refractivity contribution is -0.162. The summed E-state index contributed by atoms with van der Waals surface area (Å²) in [7, 11) is 0. The number of nitrogens with two attached hydrogens (primary N) is 1. The van der Waals surface area contributed by atoms with Crippen LogP contribution in [-0.4, -0.2) is 54.7 Å². The van der Waals surface area contributed by atoms with Gasteiger partial charge < -0.3 is 15.4 Å². The van der Waals surface area contributed by atoms with Gasteiger partial charge in [0.2, 0.25) is 9.70 Å². The Hall–Kier alpha value is 0.600. The molecular formula is C11H14BrCl3N2O3S. The molecule has 2 saturated heterocycles. The van der Waals surface area contributed by atoms with Crippen LogP contribution in [0.2, 0.25) is 0 Å². The second-order valence-corrected chi connectivity index (χ2v) is 10.1. The van der Waals surface area contributed by atoms with Gasteiger partial charge in [0.15, 0.2) is 0 Å². The van der Waals surface area contributed by atoms with Crippen molar-refractivity contribution < 1.29 is 14.3 Å². The fraction of sp³-hybridized carbons (Fsp3) is 0.818. The van der Waals surface area contributed by atoms with E-state index >= 15 is 0 Å². The van der Waals surface area contributed by atoms with Crippen molar-refractivity contribution in [1.82, 2.24) is 4.90 Å². The van der Waals surface area contributed by atoms with E-state index in [1.165, 1.54) is 16.7 Å². The molecule has 0 aliphatic carbocycles. The summed E-state index contributed by atoms with van der Waals surface area (Å²) in [5, 5.41) is 0.487. The lowest BCUT2D eigenvalue weighted by atomic mass is 9.93. The van der Waals surface area contributed by atoms with E-state index in [-0.39, 0.29) is 17.9 Å². The minimum atomic E-state index is -1.68. The Labute approximate surface area is 150 Å². The van der Waals surface area contributed by atoms with Crippen molar-refractivity contribution in [2.75, 3.05) is 11.9 Å². The SMILES string of the molecule is CC1(CCBr)S[C@@H]2C(N)C(=O)N2C1C(=O)OCC(Cl)(Cl)Cl. The lowest BCUT2D eigenvalue weighted by Gasteiger charge is -2.42. The van der Waals surface area contributed by atoms with E-state index in [9.17, 15) is 9.59 Å². The fourth-order valence-electron chi connectivity index (χ4n) is 2.53. The molecule has 120 valence electrons. The van der Waals surface area contributed by atoms with Gasteiger partial charge in [0.25, 0.3) is 0 Å². The number of thioether (sulfide) groups is 1. The number of ether oxygens (including phenoxy) is 1. The van der Waals surface area contributed by atoms with Crippen molar-refractivity contribution in [2.45, 2.75) is 39.3 Å². The maximum atomic E-state index is 12.4. The van der Waals surface area contributed by atoms with Crippen molar-refractivity contribution in [3.05, 3.63) is 0 Å². The smallest absolute Gasteiger partial charge is 0.330 e. The second kappa shape index (κ2) is 6.24. The Morgan fingerprint density at radius 1 is 1.57 bits per heavy atom. The Balaban J connectivity index is 2.16. The van der Waals surface area contributed by atoms with Gasteiger partial charge in [0.05, 0.1) is 0 Å². The topological polar surface area (TPSA) is 72.6 Å². The molecule has 2 heterocycles. The molecule has 0 aromatic rings. The lowest BCUT2D eigenvalue weighted by Crippen LogP contribution is -2.69. The number of nitrogens with zero attached hydrogens (tertiary/aromatic N) is 1. The fourth-order valence-corrected chi connectivity index (χ4v) is 5.49. The molecule has 0 aromatic heterocycles. The van der Waals surface area contributed by atoms with Crippen molar-refractivity contribution in [3.63, 3.8) is 0 Å². The summed E-state index contributed by atoms with van der Waals surface area (Å²) >= 11 is 21.7. The highest BCUT2D eigenvalue weighted by Crippen LogP contribution is 2.52. The number of alkyl halides is 4. The van der Waals surface area contributed by atoms with Gasteiger partial charge in [0, 0.05) is 10.1 Å². The molecular weight excluding hydrogens is 426 g/mol. The number of rotatable bonds is 4. The average molecular weight is 441 g/mol. The van der Waals surface area contributed by atoms with Crippen LogP contribution in [0.25, 0.3) is 0 Å². The average Bonchev–Trinajstić information content (AvgIpc) is 2.66. The van der Waals surface area contributed by atoms with Crippen LogP contribution in [0.3, 0.4) is 0 Å². The van der Waals surface area contributed by atoms with Crippen LogP contribution < -0.4 is 5.73 Å². The summed E-state index contributed by atoms with van der Waals surface area (Å²) in [5.41, 5.74) is 5.79. The molecule has 2 N–H and O–H groups in total. The van der Waals surface area contributed by atoms with Crippen LogP contribution in [-0.2, 0) is 14.3 Å². The molecule has 21 heavy (non-hydrogen) atoms. The maximum absolute atomic E-state index is 12.4. The van der Waals surface area contributed by atoms with Crippen LogP contribution in [0.15, 0.2) is 0 Å². The molecule has 2 fully saturated rings. The molecule has 4 atom stereocenters. The van der Waals surface area contributed by atoms with E-state index in [1.54, 1.807) is 0 Å². The Kier molecular flexibility index (Phi) is 5.34. The molecule has 5 nitrogen and oxygen atoms in total. The van der Waals surface area contributed by atoms with Crippen LogP contribution in [0, 0.1) is 0 Å². The number of carbonyl (C=O) groups is 2. The van der Waals surface area contributed by atoms with Crippen LogP contribution >= 0.6 is 62.5 Å². The van der Waals surface area contributed by atoms with Crippen molar-refractivity contribution >= 4 is 74.4 Å². The standard InChI is InChI=1S/C11H14BrCl3N2O3S/c1-10(2-3-12)6(9(19)20-4-11(13,14)15)17-7(18)5(16)8(17)21-10/h5-6,8H,2-4,16H2,1H3/t5?,6?,8-,10?/m1/s1. The number of fused-ring (bicyclic) bond motifs is 1. The van der Waals surface area contributed by atoms with Crippen LogP contribution in [0.1, 0.15) is 13.3 Å². The van der Waals surface area contributed by atoms with Crippen molar-refractivity contribution in [1.29, 1.82) is 0 Å². The number of hydrogen-bond donors (Lipinski definition) is 1. The van der Waals surface area contributed by atoms with Crippen molar-refractivity contribution in [2.24, 2.45) is 5.73 Å². The number of esters is 1. The molecule has 0 spiro atoms. The highest BCUT2D eigenvalue weighted by molar-refractivity contribution is 9.09. The summed E-state index contributed by atoms with van der Waals surface area (Å²) in [4.78, 5) is 25.8. The number of amides is 1. The second-order valence-electron chi connectivity index (χ2n) is 5.16. The summed E-state index contributed by atoms with van der Waals surface area (Å²) in [6.45, 7) is 1.55. The zero-order valence-corrected chi connectivity index (χ0v) is 15.7. The predicted octanol–water partition coefficient (Wildman–Crippen LogP) is 2.05. The molecule has 2 aliphatic rings. The zero-order chi connectivity index (χ0) is 16.0. The number of carbonyl (C=O) groups excluding carboxylic acids is 2. The van der Waals surface area contributed by atoms with Gasteiger partial charge in [-0.05, 0) is 13.3 Å². The molecule has 0 radical (unpaired) electrons. The van der Waals surface area contributed by atoms with Crippen LogP contribution in [0.4, 0.5) is 0 Å². The largest absolute Gasteiger partial charge is 0.460 e. The van der Waals surface area contributed by atoms with E-state index in [2.05, 4.69) is 15.9 Å². The summed E-state index contributed by atoms with van der Waals surface area (Å²) in [6, 6.07) is -1.29. The van der Waals surface area contributed by atoms with Crippen molar-refractivity contribution in [3.8, 4) is 0 Å². The van der Waals surface area contributed by atoms with Gasteiger partial charge in [-0.15, -0.1) is 11.8 Å². The Bertz CT molecular complexity index is 464. The van der Waals surface area contributed by atoms with Gasteiger partial charge in [-0.3, -0.25) is 4.79 Å². The maximum Gasteiger partial charge on any atom is 0.330 e. The number of β-lactam (4-membered cyclic amide) rings is 1. The number of hydrogen-bond acceptors (Lipinski definition) is 5. The highest BCUT2D eigenvalue weighted by Gasteiger charge is 2.64. The summed E-state index contributed by atoms with van der Waals surface area (Å²) in [5.74, 6) is -0.818. The molecule has 3 unspecified atom stereocenters. The third-order valence-electron chi connectivity index (χ3n) is 3.56. The van der Waals surface area contributed by atoms with Gasteiger partial charge in [-0.1, -0.05) is 50.7 Å². The third kappa shape index (κ3) is 3.43. The number of halogens is 4. The van der Waals surface area contributed by atoms with E-state index in [0.717, 1.165) is 0 Å². The van der Waals surface area contributed by atoms with Gasteiger partial charge >= 0.3 is 5.97 Å². The molecule has 2 aliphatic heterocycles. The van der Waals surface area contributed by atoms with E-state index < -0.39 is 26.6 Å². The predicted molar refractivity (Wildman–Crippen MR) is 88.1 cm³/mol. The first-order chi connectivity index (χ1) is 9.60. The molecule has 0 saturated carbocycles. The summed E-state index contributed by atoms with van der Waals surface area (Å²) in [6.07, 6.45) is 0.679. The molecule has 1 amide bonds. The van der Waals surface area contributed by atoms with Gasteiger partial charge in [-0.2, -0.15) is 0 Å². The molecule has 0 aromatic carbocycles. The summed E-state index contributed by atoms with van der Waals surface area (Å²) < 4.78 is 2.91. The molecule has 10 heteroatoms. The highest BCUT2D eigenvalue weighted by atomic mass is 79.9. The van der Waals surface area contributed by atoms with Gasteiger partial charge in [0.1, 0.15) is 24.1 Å². The van der Waals surface area contributed by atoms with E-state index in [1.807, 2.05) is 6.92 Å². The monoisotopic (exact) mass is 438 g/mol. The molecule has 2 rings (SSSR count).